The van der Waals surface area contributed by atoms with Crippen LogP contribution in [0.1, 0.15) is 223 Å². The van der Waals surface area contributed by atoms with Gasteiger partial charge in [-0.05, 0) is 125 Å². The first-order chi connectivity index (χ1) is 27.0. The molecule has 0 radical (unpaired) electrons. The third-order valence-electron chi connectivity index (χ3n) is 11.8. The van der Waals surface area contributed by atoms with Crippen molar-refractivity contribution in [3.05, 3.63) is 0 Å². The molecule has 366 valence electrons. The fourth-order valence-electron chi connectivity index (χ4n) is 4.97. The number of ketones is 5. The smallest absolute Gasteiger partial charge is 0.140 e. The lowest BCUT2D eigenvalue weighted by atomic mass is 9.76. The summed E-state index contributed by atoms with van der Waals surface area (Å²) >= 11 is 0. The topological polar surface area (TPSA) is 166 Å². The normalized spacial score (nSPS) is 14.7. The zero-order chi connectivity index (χ0) is 50.0. The van der Waals surface area contributed by atoms with Gasteiger partial charge in [-0.15, -0.1) is 0 Å². The first-order valence-corrected chi connectivity index (χ1v) is 23.0. The molecule has 0 spiro atoms. The van der Waals surface area contributed by atoms with E-state index in [-0.39, 0.29) is 71.9 Å². The van der Waals surface area contributed by atoms with Crippen LogP contribution in [0, 0.1) is 55.7 Å². The van der Waals surface area contributed by atoms with Crippen LogP contribution in [0.25, 0.3) is 0 Å². The van der Waals surface area contributed by atoms with E-state index in [1.165, 1.54) is 6.92 Å². The molecule has 0 fully saturated rings. The van der Waals surface area contributed by atoms with Crippen LogP contribution in [-0.2, 0) is 24.0 Å². The zero-order valence-corrected chi connectivity index (χ0v) is 44.5. The van der Waals surface area contributed by atoms with Crippen LogP contribution in [0.15, 0.2) is 0 Å². The highest BCUT2D eigenvalue weighted by atomic mass is 16.3. The summed E-state index contributed by atoms with van der Waals surface area (Å²) in [5.74, 6) is 1.40. The molecule has 61 heavy (non-hydrogen) atoms. The van der Waals surface area contributed by atoms with Crippen LogP contribution >= 0.6 is 0 Å². The second-order valence-electron chi connectivity index (χ2n) is 24.3. The molecule has 9 nitrogen and oxygen atoms in total. The molecule has 0 aromatic heterocycles. The van der Waals surface area contributed by atoms with E-state index >= 15 is 0 Å². The Morgan fingerprint density at radius 1 is 0.443 bits per heavy atom. The van der Waals surface area contributed by atoms with Gasteiger partial charge in [0.15, 0.2) is 0 Å². The maximum absolute atomic E-state index is 11.3. The molecule has 4 N–H and O–H groups in total. The van der Waals surface area contributed by atoms with Gasteiger partial charge >= 0.3 is 0 Å². The van der Waals surface area contributed by atoms with E-state index in [0.717, 1.165) is 57.8 Å². The Hall–Kier alpha value is -1.81. The molecule has 0 saturated heterocycles. The van der Waals surface area contributed by atoms with Crippen molar-refractivity contribution >= 4 is 28.9 Å². The summed E-state index contributed by atoms with van der Waals surface area (Å²) in [6.07, 6.45) is 8.79. The first-order valence-electron chi connectivity index (χ1n) is 23.0. The number of carbonyl (C=O) groups excluding carboxylic acids is 5. The number of aliphatic hydroxyl groups is 4. The van der Waals surface area contributed by atoms with Gasteiger partial charge in [-0.1, -0.05) is 125 Å². The van der Waals surface area contributed by atoms with Crippen molar-refractivity contribution in [2.24, 2.45) is 55.7 Å². The molecule has 9 heteroatoms. The molecule has 4 atom stereocenters. The largest absolute Gasteiger partial charge is 0.396 e. The molecule has 0 rings (SSSR count). The van der Waals surface area contributed by atoms with E-state index in [9.17, 15) is 24.0 Å². The molecular formula is C52H104O9. The Morgan fingerprint density at radius 3 is 1.07 bits per heavy atom. The fourth-order valence-corrected chi connectivity index (χ4v) is 4.97. The van der Waals surface area contributed by atoms with Crippen molar-refractivity contribution in [2.75, 3.05) is 26.4 Å². The van der Waals surface area contributed by atoms with Gasteiger partial charge in [0.2, 0.25) is 0 Å². The van der Waals surface area contributed by atoms with Crippen molar-refractivity contribution in [1.29, 1.82) is 0 Å². The Bertz CT molecular complexity index is 1210. The lowest BCUT2D eigenvalue weighted by Gasteiger charge is -2.30. The average Bonchev–Trinajstić information content (AvgIpc) is 3.08. The molecule has 0 aliphatic heterocycles. The highest BCUT2D eigenvalue weighted by Crippen LogP contribution is 2.33. The minimum atomic E-state index is -0.937. The van der Waals surface area contributed by atoms with Crippen LogP contribution in [0.5, 0.6) is 0 Å². The maximum Gasteiger partial charge on any atom is 0.140 e. The molecule has 0 amide bonds. The second kappa shape index (κ2) is 31.1. The van der Waals surface area contributed by atoms with Crippen LogP contribution in [0.4, 0.5) is 0 Å². The Kier molecular flexibility index (Phi) is 34.8. The number of hydrogen-bond donors (Lipinski definition) is 4. The predicted octanol–water partition coefficient (Wildman–Crippen LogP) is 11.9. The molecule has 0 aromatic rings. The summed E-state index contributed by atoms with van der Waals surface area (Å²) in [6, 6.07) is 0. The van der Waals surface area contributed by atoms with Crippen LogP contribution in [0.3, 0.4) is 0 Å². The molecule has 0 bridgehead atoms. The fraction of sp³-hybridized carbons (Fsp3) is 0.904. The summed E-state index contributed by atoms with van der Waals surface area (Å²) in [4.78, 5) is 55.0. The summed E-state index contributed by atoms with van der Waals surface area (Å²) in [5, 5.41) is 36.3. The van der Waals surface area contributed by atoms with Crippen LogP contribution in [0.2, 0.25) is 0 Å². The van der Waals surface area contributed by atoms with E-state index in [1.807, 2.05) is 13.8 Å². The highest BCUT2D eigenvalue weighted by molar-refractivity contribution is 5.83. The molecule has 0 aliphatic rings. The average molecular weight is 873 g/mol. The number of hydrogen-bond acceptors (Lipinski definition) is 9. The van der Waals surface area contributed by atoms with Gasteiger partial charge in [-0.25, -0.2) is 0 Å². The van der Waals surface area contributed by atoms with E-state index in [0.29, 0.717) is 34.7 Å². The Labute approximate surface area is 377 Å². The van der Waals surface area contributed by atoms with Gasteiger partial charge in [0.1, 0.15) is 28.9 Å². The molecule has 0 heterocycles. The zero-order valence-electron chi connectivity index (χ0n) is 44.5. The Morgan fingerprint density at radius 2 is 0.820 bits per heavy atom. The van der Waals surface area contributed by atoms with Gasteiger partial charge in [-0.2, -0.15) is 0 Å². The van der Waals surface area contributed by atoms with Gasteiger partial charge in [0.05, 0.1) is 31.8 Å². The number of aliphatic hydroxyl groups excluding tert-OH is 4. The monoisotopic (exact) mass is 873 g/mol. The van der Waals surface area contributed by atoms with Gasteiger partial charge < -0.3 is 25.2 Å². The molecule has 0 saturated carbocycles. The van der Waals surface area contributed by atoms with Gasteiger partial charge in [-0.3, -0.25) is 19.2 Å². The Balaban J connectivity index is -0.000000215. The summed E-state index contributed by atoms with van der Waals surface area (Å²) in [6.45, 7) is 45.7. The van der Waals surface area contributed by atoms with Crippen LogP contribution < -0.4 is 0 Å². The molecule has 0 aliphatic carbocycles. The standard InChI is InChI=1S/C11H22O3.C11H22O2.C10H20O2.2C10H20O/c1-9(14)11(7-12,8-13)6-5-10(2,3)4;1-9(13)11(5,8-12)7-6-10(2,3)4;1-8(12)9(7-11)5-6-10(2,3)4;1-8(9(2)11)6-7-10(3,4)5;1-8(10(3,4)5)6-7-9(2)11/h12-13H,5-8H2,1-4H3;12H,6-8H2,1-5H3;9,11H,5-7H2,1-4H3;2*8H,6-7H2,1-5H3. The lowest BCUT2D eigenvalue weighted by Crippen LogP contribution is -2.38. The van der Waals surface area contributed by atoms with Crippen molar-refractivity contribution < 1.29 is 44.4 Å². The lowest BCUT2D eigenvalue weighted by molar-refractivity contribution is -0.133. The van der Waals surface area contributed by atoms with E-state index in [2.05, 4.69) is 111 Å². The third-order valence-corrected chi connectivity index (χ3v) is 11.8. The number of carbonyl (C=O) groups is 5. The first kappa shape index (κ1) is 68.3. The predicted molar refractivity (Wildman–Crippen MR) is 258 cm³/mol. The highest BCUT2D eigenvalue weighted by Gasteiger charge is 2.35. The van der Waals surface area contributed by atoms with E-state index in [4.69, 9.17) is 20.4 Å². The van der Waals surface area contributed by atoms with Crippen molar-refractivity contribution in [1.82, 2.24) is 0 Å². The van der Waals surface area contributed by atoms with Gasteiger partial charge in [0, 0.05) is 23.7 Å². The van der Waals surface area contributed by atoms with E-state index < -0.39 is 10.8 Å². The molecule has 4 unspecified atom stereocenters. The minimum absolute atomic E-state index is 0.00852. The van der Waals surface area contributed by atoms with Crippen molar-refractivity contribution in [3.8, 4) is 0 Å². The quantitative estimate of drug-likeness (QED) is 0.0988. The molecular weight excluding hydrogens is 769 g/mol. The number of rotatable bonds is 19. The SMILES string of the molecule is CC(=O)C(C)(CO)CCC(C)(C)C.CC(=O)C(C)CCC(C)(C)C.CC(=O)C(CO)(CO)CCC(C)(C)C.CC(=O)C(CO)CCC(C)(C)C.CC(=O)CCC(C)C(C)(C)C. The summed E-state index contributed by atoms with van der Waals surface area (Å²) in [5.41, 5.74) is -0.167. The maximum atomic E-state index is 11.3. The number of Topliss-reactive ketones (excluding diaryl/α,β-unsaturated/α-hetero) is 5. The van der Waals surface area contributed by atoms with Crippen molar-refractivity contribution in [2.45, 2.75) is 223 Å². The van der Waals surface area contributed by atoms with Gasteiger partial charge in [0.25, 0.3) is 0 Å². The van der Waals surface area contributed by atoms with E-state index in [1.54, 1.807) is 27.7 Å². The van der Waals surface area contributed by atoms with Crippen LogP contribution in [-0.4, -0.2) is 75.8 Å². The third kappa shape index (κ3) is 41.9. The summed E-state index contributed by atoms with van der Waals surface area (Å²) < 4.78 is 0. The minimum Gasteiger partial charge on any atom is -0.396 e. The second-order valence-corrected chi connectivity index (χ2v) is 24.3. The van der Waals surface area contributed by atoms with Crippen molar-refractivity contribution in [3.63, 3.8) is 0 Å². The summed E-state index contributed by atoms with van der Waals surface area (Å²) in [7, 11) is 0. The molecule has 0 aromatic carbocycles.